The van der Waals surface area contributed by atoms with Crippen LogP contribution in [-0.2, 0) is 0 Å². The zero-order chi connectivity index (χ0) is 16.2. The highest BCUT2D eigenvalue weighted by Crippen LogP contribution is 2.31. The van der Waals surface area contributed by atoms with Crippen LogP contribution in [0.1, 0.15) is 10.4 Å². The highest BCUT2D eigenvalue weighted by molar-refractivity contribution is 5.93. The van der Waals surface area contributed by atoms with Gasteiger partial charge < -0.3 is 10.5 Å². The Labute approximate surface area is 132 Å². The van der Waals surface area contributed by atoms with Gasteiger partial charge in [0.05, 0.1) is 0 Å². The number of carbonyl (C=O) groups is 1. The van der Waals surface area contributed by atoms with Crippen LogP contribution >= 0.6 is 0 Å². The van der Waals surface area contributed by atoms with E-state index in [1.165, 1.54) is 24.3 Å². The molecule has 2 N–H and O–H groups in total. The van der Waals surface area contributed by atoms with E-state index in [0.717, 1.165) is 11.1 Å². The van der Waals surface area contributed by atoms with Crippen molar-refractivity contribution in [2.45, 2.75) is 0 Å². The van der Waals surface area contributed by atoms with E-state index in [0.29, 0.717) is 17.2 Å². The quantitative estimate of drug-likeness (QED) is 0.797. The van der Waals surface area contributed by atoms with Gasteiger partial charge in [0.15, 0.2) is 0 Å². The van der Waals surface area contributed by atoms with Gasteiger partial charge in [-0.2, -0.15) is 0 Å². The fourth-order valence-electron chi connectivity index (χ4n) is 2.12. The summed E-state index contributed by atoms with van der Waals surface area (Å²) in [6.45, 7) is 0. The van der Waals surface area contributed by atoms with E-state index in [9.17, 15) is 9.18 Å². The maximum atomic E-state index is 13.0. The van der Waals surface area contributed by atoms with Crippen LogP contribution in [0.25, 0.3) is 11.1 Å². The van der Waals surface area contributed by atoms with Gasteiger partial charge in [-0.05, 0) is 54.1 Å². The third-order valence-corrected chi connectivity index (χ3v) is 3.28. The average Bonchev–Trinajstić information content (AvgIpc) is 2.57. The summed E-state index contributed by atoms with van der Waals surface area (Å²) >= 11 is 0. The zero-order valence-corrected chi connectivity index (χ0v) is 12.1. The lowest BCUT2D eigenvalue weighted by molar-refractivity contribution is 0.100. The van der Waals surface area contributed by atoms with Gasteiger partial charge >= 0.3 is 0 Å². The van der Waals surface area contributed by atoms with Gasteiger partial charge in [0.25, 0.3) is 0 Å². The zero-order valence-electron chi connectivity index (χ0n) is 12.1. The van der Waals surface area contributed by atoms with Gasteiger partial charge in [0.1, 0.15) is 11.6 Å². The maximum absolute atomic E-state index is 13.0. The second-order valence-electron chi connectivity index (χ2n) is 4.85. The van der Waals surface area contributed by atoms with E-state index < -0.39 is 5.91 Å². The minimum absolute atomic E-state index is 0.333. The van der Waals surface area contributed by atoms with E-state index in [2.05, 4.69) is 4.98 Å². The Morgan fingerprint density at radius 2 is 1.70 bits per heavy atom. The summed E-state index contributed by atoms with van der Waals surface area (Å²) < 4.78 is 18.7. The first-order valence-corrected chi connectivity index (χ1v) is 6.92. The molecule has 0 aliphatic heterocycles. The van der Waals surface area contributed by atoms with Crippen molar-refractivity contribution in [3.8, 4) is 22.8 Å². The number of aromatic nitrogens is 1. The molecule has 0 saturated carbocycles. The van der Waals surface area contributed by atoms with Crippen molar-refractivity contribution in [3.05, 3.63) is 78.2 Å². The first-order chi connectivity index (χ1) is 11.1. The molecule has 0 spiro atoms. The summed E-state index contributed by atoms with van der Waals surface area (Å²) in [7, 11) is 0. The van der Waals surface area contributed by atoms with Crippen LogP contribution in [0.2, 0.25) is 0 Å². The first-order valence-electron chi connectivity index (χ1n) is 6.92. The van der Waals surface area contributed by atoms with Crippen LogP contribution in [0.4, 0.5) is 4.39 Å². The van der Waals surface area contributed by atoms with Gasteiger partial charge in [-0.25, -0.2) is 9.37 Å². The second kappa shape index (κ2) is 6.27. The SMILES string of the molecule is NC(=O)c1ccc(-c2cccnc2Oc2ccc(F)cc2)cc1. The summed E-state index contributed by atoms with van der Waals surface area (Å²) in [4.78, 5) is 15.4. The second-order valence-corrected chi connectivity index (χ2v) is 4.85. The summed E-state index contributed by atoms with van der Waals surface area (Å²) in [6.07, 6.45) is 1.61. The lowest BCUT2D eigenvalue weighted by Crippen LogP contribution is -2.10. The summed E-state index contributed by atoms with van der Waals surface area (Å²) in [6, 6.07) is 16.2. The van der Waals surface area contributed by atoms with Crippen molar-refractivity contribution in [3.63, 3.8) is 0 Å². The third-order valence-electron chi connectivity index (χ3n) is 3.28. The van der Waals surface area contributed by atoms with Crippen LogP contribution in [0.5, 0.6) is 11.6 Å². The molecule has 1 heterocycles. The number of halogens is 1. The number of rotatable bonds is 4. The Kier molecular flexibility index (Phi) is 4.01. The van der Waals surface area contributed by atoms with E-state index in [4.69, 9.17) is 10.5 Å². The number of hydrogen-bond donors (Lipinski definition) is 1. The molecule has 0 fully saturated rings. The van der Waals surface area contributed by atoms with Crippen LogP contribution in [-0.4, -0.2) is 10.9 Å². The van der Waals surface area contributed by atoms with Crippen LogP contribution in [0, 0.1) is 5.82 Å². The molecular weight excluding hydrogens is 295 g/mol. The normalized spacial score (nSPS) is 10.3. The molecule has 4 nitrogen and oxygen atoms in total. The molecule has 3 rings (SSSR count). The fraction of sp³-hybridized carbons (Fsp3) is 0. The summed E-state index contributed by atoms with van der Waals surface area (Å²) in [5.74, 6) is 0.0668. The largest absolute Gasteiger partial charge is 0.438 e. The number of ether oxygens (including phenoxy) is 1. The summed E-state index contributed by atoms with van der Waals surface area (Å²) in [5, 5.41) is 0. The van der Waals surface area contributed by atoms with Gasteiger partial charge in [0, 0.05) is 17.3 Å². The predicted octanol–water partition coefficient (Wildman–Crippen LogP) is 3.78. The molecular formula is C18H13FN2O2. The first kappa shape index (κ1) is 14.7. The number of nitrogens with two attached hydrogens (primary N) is 1. The van der Waals surface area contributed by atoms with Crippen molar-refractivity contribution in [2.24, 2.45) is 5.73 Å². The van der Waals surface area contributed by atoms with E-state index in [1.54, 1.807) is 36.5 Å². The minimum atomic E-state index is -0.481. The van der Waals surface area contributed by atoms with Gasteiger partial charge in [-0.3, -0.25) is 4.79 Å². The standard InChI is InChI=1S/C18H13FN2O2/c19-14-7-9-15(10-8-14)23-18-16(2-1-11-21-18)12-3-5-13(6-4-12)17(20)22/h1-11H,(H2,20,22). The molecule has 2 aromatic carbocycles. The Morgan fingerprint density at radius 1 is 1.00 bits per heavy atom. The number of primary amides is 1. The van der Waals surface area contributed by atoms with Gasteiger partial charge in [0.2, 0.25) is 11.8 Å². The van der Waals surface area contributed by atoms with Gasteiger partial charge in [-0.15, -0.1) is 0 Å². The number of benzene rings is 2. The third kappa shape index (κ3) is 3.35. The molecule has 23 heavy (non-hydrogen) atoms. The van der Waals surface area contributed by atoms with E-state index in [1.807, 2.05) is 6.07 Å². The van der Waals surface area contributed by atoms with Crippen molar-refractivity contribution in [1.29, 1.82) is 0 Å². The summed E-state index contributed by atoms with van der Waals surface area (Å²) in [5.41, 5.74) is 7.26. The minimum Gasteiger partial charge on any atom is -0.438 e. The lowest BCUT2D eigenvalue weighted by atomic mass is 10.0. The highest BCUT2D eigenvalue weighted by atomic mass is 19.1. The Bertz CT molecular complexity index is 830. The van der Waals surface area contributed by atoms with E-state index >= 15 is 0 Å². The number of amides is 1. The van der Waals surface area contributed by atoms with Crippen molar-refractivity contribution < 1.29 is 13.9 Å². The lowest BCUT2D eigenvalue weighted by Gasteiger charge is -2.10. The molecule has 5 heteroatoms. The maximum Gasteiger partial charge on any atom is 0.248 e. The smallest absolute Gasteiger partial charge is 0.248 e. The molecule has 0 unspecified atom stereocenters. The molecule has 3 aromatic rings. The van der Waals surface area contributed by atoms with Crippen LogP contribution in [0.3, 0.4) is 0 Å². The Balaban J connectivity index is 1.94. The highest BCUT2D eigenvalue weighted by Gasteiger charge is 2.09. The molecule has 114 valence electrons. The van der Waals surface area contributed by atoms with Crippen molar-refractivity contribution in [2.75, 3.05) is 0 Å². The molecule has 0 aliphatic carbocycles. The number of nitrogens with zero attached hydrogens (tertiary/aromatic N) is 1. The van der Waals surface area contributed by atoms with E-state index in [-0.39, 0.29) is 5.82 Å². The van der Waals surface area contributed by atoms with Gasteiger partial charge in [-0.1, -0.05) is 12.1 Å². The topological polar surface area (TPSA) is 65.2 Å². The number of pyridine rings is 1. The van der Waals surface area contributed by atoms with Crippen molar-refractivity contribution >= 4 is 5.91 Å². The predicted molar refractivity (Wildman–Crippen MR) is 84.7 cm³/mol. The average molecular weight is 308 g/mol. The van der Waals surface area contributed by atoms with Crippen LogP contribution < -0.4 is 10.5 Å². The molecule has 0 radical (unpaired) electrons. The fourth-order valence-corrected chi connectivity index (χ4v) is 2.12. The molecule has 0 aliphatic rings. The van der Waals surface area contributed by atoms with Crippen molar-refractivity contribution in [1.82, 2.24) is 4.98 Å². The molecule has 0 saturated heterocycles. The monoisotopic (exact) mass is 308 g/mol. The number of carbonyl (C=O) groups excluding carboxylic acids is 1. The molecule has 0 atom stereocenters. The van der Waals surface area contributed by atoms with Crippen LogP contribution in [0.15, 0.2) is 66.9 Å². The Morgan fingerprint density at radius 3 is 2.35 bits per heavy atom. The molecule has 1 aromatic heterocycles. The number of hydrogen-bond acceptors (Lipinski definition) is 3. The molecule has 0 bridgehead atoms. The Hall–Kier alpha value is -3.21. The molecule has 1 amide bonds.